The largest absolute Gasteiger partial charge is 0.297 e. The van der Waals surface area contributed by atoms with Gasteiger partial charge in [-0.3, -0.25) is 14.4 Å². The summed E-state index contributed by atoms with van der Waals surface area (Å²) in [7, 11) is 0. The summed E-state index contributed by atoms with van der Waals surface area (Å²) in [4.78, 5) is 39.7. The fourth-order valence-electron chi connectivity index (χ4n) is 3.33. The van der Waals surface area contributed by atoms with Gasteiger partial charge in [-0.1, -0.05) is 84.8 Å². The van der Waals surface area contributed by atoms with Crippen LogP contribution in [0.5, 0.6) is 0 Å². The molecule has 0 radical (unpaired) electrons. The van der Waals surface area contributed by atoms with E-state index in [-0.39, 0.29) is 0 Å². The lowest BCUT2D eigenvalue weighted by Gasteiger charge is -2.19. The van der Waals surface area contributed by atoms with Crippen LogP contribution < -0.4 is 0 Å². The van der Waals surface area contributed by atoms with Crippen LogP contribution in [0.2, 0.25) is 0 Å². The second kappa shape index (κ2) is 6.52. The minimum atomic E-state index is -1.69. The minimum Gasteiger partial charge on any atom is -0.297 e. The third-order valence-corrected chi connectivity index (χ3v) is 4.54. The van der Waals surface area contributed by atoms with Crippen LogP contribution in [0.1, 0.15) is 43.2 Å². The van der Waals surface area contributed by atoms with Gasteiger partial charge in [-0.15, -0.1) is 0 Å². The maximum atomic E-state index is 13.6. The van der Waals surface area contributed by atoms with Crippen LogP contribution in [-0.2, 0) is 4.79 Å². The van der Waals surface area contributed by atoms with Gasteiger partial charge in [0, 0.05) is 11.1 Å². The van der Waals surface area contributed by atoms with Crippen LogP contribution in [0.25, 0.3) is 0 Å². The van der Waals surface area contributed by atoms with Gasteiger partial charge in [0.05, 0.1) is 11.4 Å². The number of carbonyl (C=O) groups is 3. The predicted octanol–water partition coefficient (Wildman–Crippen LogP) is 4.08. The van der Waals surface area contributed by atoms with Gasteiger partial charge >= 0.3 is 0 Å². The van der Waals surface area contributed by atoms with E-state index in [1.165, 1.54) is 0 Å². The highest BCUT2D eigenvalue weighted by molar-refractivity contribution is 6.36. The van der Waals surface area contributed by atoms with Crippen molar-refractivity contribution < 1.29 is 19.9 Å². The van der Waals surface area contributed by atoms with Crippen molar-refractivity contribution in [2.45, 2.75) is 5.92 Å². The van der Waals surface area contributed by atoms with E-state index in [2.05, 4.69) is 0 Å². The van der Waals surface area contributed by atoms with Crippen LogP contribution >= 0.6 is 0 Å². The third-order valence-electron chi connectivity index (χ3n) is 4.54. The second-order valence-corrected chi connectivity index (χ2v) is 6.07. The Morgan fingerprint density at radius 3 is 1.62 bits per heavy atom. The first kappa shape index (κ1) is 12.1. The number of Topliss-reactive ketones (excluding diaryl/α,β-unsaturated/α-hetero) is 3. The summed E-state index contributed by atoms with van der Waals surface area (Å²) in [5, 5.41) is 0. The zero-order valence-electron chi connectivity index (χ0n) is 17.7. The maximum Gasteiger partial charge on any atom is 0.181 e. The third kappa shape index (κ3) is 2.58. The first-order valence-electron chi connectivity index (χ1n) is 10.2. The maximum absolute atomic E-state index is 13.6. The minimum absolute atomic E-state index is 0.399. The molecule has 3 heteroatoms. The molecule has 126 valence electrons. The Hall–Kier alpha value is -3.33. The van der Waals surface area contributed by atoms with Crippen molar-refractivity contribution in [3.05, 3.63) is 107 Å². The number of carbonyl (C=O) groups excluding carboxylic acids is 3. The van der Waals surface area contributed by atoms with Crippen LogP contribution in [0.3, 0.4) is 0 Å². The first-order valence-corrected chi connectivity index (χ1v) is 8.17. The monoisotopic (exact) mass is 344 g/mol. The van der Waals surface area contributed by atoms with Crippen LogP contribution in [-0.4, -0.2) is 17.3 Å². The lowest BCUT2D eigenvalue weighted by molar-refractivity contribution is -0.120. The highest BCUT2D eigenvalue weighted by Gasteiger charge is 2.45. The lowest BCUT2D eigenvalue weighted by Crippen LogP contribution is -2.31. The molecule has 4 rings (SSSR count). The second-order valence-electron chi connectivity index (χ2n) is 6.07. The van der Waals surface area contributed by atoms with Crippen molar-refractivity contribution in [1.29, 1.82) is 0 Å². The molecule has 0 fully saturated rings. The van der Waals surface area contributed by atoms with Gasteiger partial charge in [0.2, 0.25) is 0 Å². The Morgan fingerprint density at radius 1 is 0.769 bits per heavy atom. The van der Waals surface area contributed by atoms with Crippen LogP contribution in [0.4, 0.5) is 0 Å². The number of rotatable bonds is 4. The molecule has 0 aliphatic heterocycles. The van der Waals surface area contributed by atoms with E-state index in [0.29, 0.717) is 11.1 Å². The van der Waals surface area contributed by atoms with Gasteiger partial charge in [-0.2, -0.15) is 0 Å². The molecule has 0 heterocycles. The van der Waals surface area contributed by atoms with Gasteiger partial charge in [0.15, 0.2) is 17.3 Å². The zero-order chi connectivity index (χ0) is 21.6. The van der Waals surface area contributed by atoms with Gasteiger partial charge in [-0.25, -0.2) is 0 Å². The molecular weight excluding hydrogens is 324 g/mol. The van der Waals surface area contributed by atoms with E-state index in [0.717, 1.165) is 0 Å². The molecule has 0 saturated carbocycles. The Labute approximate surface area is 156 Å². The summed E-state index contributed by atoms with van der Waals surface area (Å²) in [6.45, 7) is 0. The fraction of sp³-hybridized carbons (Fsp3) is 0.0870. The summed E-state index contributed by atoms with van der Waals surface area (Å²) in [6.07, 6.45) is 0. The molecule has 0 unspecified atom stereocenters. The molecule has 0 amide bonds. The molecule has 3 aromatic carbocycles. The molecule has 3 nitrogen and oxygen atoms in total. The summed E-state index contributed by atoms with van der Waals surface area (Å²) in [5.41, 5.74) is 0.433. The fourth-order valence-corrected chi connectivity index (χ4v) is 3.33. The molecule has 1 aliphatic carbocycles. The van der Waals surface area contributed by atoms with Gasteiger partial charge in [0.25, 0.3) is 0 Å². The topological polar surface area (TPSA) is 51.2 Å². The van der Waals surface area contributed by atoms with Crippen molar-refractivity contribution in [3.63, 3.8) is 0 Å². The Kier molecular flexibility index (Phi) is 3.03. The average Bonchev–Trinajstić information content (AvgIpc) is 3.02. The summed E-state index contributed by atoms with van der Waals surface area (Å²) in [5.74, 6) is -4.96. The highest BCUT2D eigenvalue weighted by atomic mass is 16.2. The van der Waals surface area contributed by atoms with Crippen molar-refractivity contribution in [1.82, 2.24) is 0 Å². The predicted molar refractivity (Wildman–Crippen MR) is 98.3 cm³/mol. The number of hydrogen-bond donors (Lipinski definition) is 0. The summed E-state index contributed by atoms with van der Waals surface area (Å²) < 4.78 is 31.6. The normalized spacial score (nSPS) is 16.0. The molecule has 0 aromatic heterocycles. The Balaban J connectivity index is 1.86. The smallest absolute Gasteiger partial charge is 0.181 e. The van der Waals surface area contributed by atoms with Gasteiger partial charge in [-0.05, 0) is 11.1 Å². The van der Waals surface area contributed by atoms with E-state index >= 15 is 0 Å². The number of hydrogen-bond acceptors (Lipinski definition) is 3. The summed E-state index contributed by atoms with van der Waals surface area (Å²) in [6, 6.07) is 15.2. The Bertz CT molecular complexity index is 1100. The van der Waals surface area contributed by atoms with E-state index in [4.69, 9.17) is 5.48 Å². The Morgan fingerprint density at radius 2 is 1.19 bits per heavy atom. The molecule has 0 saturated heterocycles. The van der Waals surface area contributed by atoms with Crippen LogP contribution in [0.15, 0.2) is 84.8 Å². The molecule has 0 bridgehead atoms. The van der Waals surface area contributed by atoms with E-state index in [1.807, 2.05) is 0 Å². The standard InChI is InChI=1S/C23H16O3/c24-21-17-13-7-8-14-18(17)22(25)20(21)23(26)19(15-9-3-1-4-10-15)16-11-5-2-6-12-16/h1-14,19-20H/i7D,8D,13D,14D. The molecule has 1 aliphatic rings. The molecule has 0 N–H and O–H groups in total. The van der Waals surface area contributed by atoms with Crippen molar-refractivity contribution in [2.24, 2.45) is 5.92 Å². The van der Waals surface area contributed by atoms with E-state index in [1.54, 1.807) is 60.7 Å². The van der Waals surface area contributed by atoms with Gasteiger partial charge in [0.1, 0.15) is 5.92 Å². The van der Waals surface area contributed by atoms with E-state index < -0.39 is 64.5 Å². The first-order chi connectivity index (χ1) is 14.3. The average molecular weight is 344 g/mol. The van der Waals surface area contributed by atoms with E-state index in [9.17, 15) is 14.4 Å². The zero-order valence-corrected chi connectivity index (χ0v) is 13.7. The van der Waals surface area contributed by atoms with Crippen LogP contribution in [0, 0.1) is 5.92 Å². The highest BCUT2D eigenvalue weighted by Crippen LogP contribution is 2.34. The molecule has 3 aromatic rings. The van der Waals surface area contributed by atoms with Crippen molar-refractivity contribution >= 4 is 17.3 Å². The molecule has 0 atom stereocenters. The quantitative estimate of drug-likeness (QED) is 0.670. The van der Waals surface area contributed by atoms with Crippen molar-refractivity contribution in [3.8, 4) is 0 Å². The molecule has 0 spiro atoms. The number of ketones is 3. The number of fused-ring (bicyclic) bond motifs is 1. The molecular formula is C23H16O3. The van der Waals surface area contributed by atoms with Crippen molar-refractivity contribution in [2.75, 3.05) is 0 Å². The van der Waals surface area contributed by atoms with Gasteiger partial charge < -0.3 is 0 Å². The SMILES string of the molecule is [2H]c1c([2H])c([2H])c2c(c1[2H])C(=O)C(C(=O)C(c1ccccc1)c1ccccc1)C2=O. The number of benzene rings is 3. The summed E-state index contributed by atoms with van der Waals surface area (Å²) >= 11 is 0. The molecule has 26 heavy (non-hydrogen) atoms. The lowest BCUT2D eigenvalue weighted by atomic mass is 9.80.